The van der Waals surface area contributed by atoms with Crippen LogP contribution in [0.5, 0.6) is 0 Å². The second-order valence-electron chi connectivity index (χ2n) is 6.30. The molecule has 2 aliphatic heterocycles. The molecule has 3 nitrogen and oxygen atoms in total. The lowest BCUT2D eigenvalue weighted by Crippen LogP contribution is -2.45. The molecule has 0 aromatic heterocycles. The van der Waals surface area contributed by atoms with E-state index < -0.39 is 0 Å². The summed E-state index contributed by atoms with van der Waals surface area (Å²) in [5, 5.41) is 3.38. The van der Waals surface area contributed by atoms with Crippen molar-refractivity contribution in [2.45, 2.75) is 50.0 Å². The summed E-state index contributed by atoms with van der Waals surface area (Å²) in [7, 11) is 0. The Morgan fingerprint density at radius 3 is 2.67 bits per heavy atom. The van der Waals surface area contributed by atoms with E-state index in [1.807, 2.05) is 18.2 Å². The van der Waals surface area contributed by atoms with Gasteiger partial charge in [-0.3, -0.25) is 4.79 Å². The third-order valence-electron chi connectivity index (χ3n) is 5.03. The molecule has 1 atom stereocenters. The van der Waals surface area contributed by atoms with Crippen LogP contribution in [0, 0.1) is 0 Å². The van der Waals surface area contributed by atoms with Crippen LogP contribution in [0.2, 0.25) is 0 Å². The Labute approximate surface area is 127 Å². The molecule has 2 aliphatic rings. The van der Waals surface area contributed by atoms with E-state index in [4.69, 9.17) is 4.74 Å². The zero-order valence-electron chi connectivity index (χ0n) is 12.6. The predicted octanol–water partition coefficient (Wildman–Crippen LogP) is 2.84. The quantitative estimate of drug-likeness (QED) is 0.905. The third kappa shape index (κ3) is 3.19. The molecule has 0 aliphatic carbocycles. The van der Waals surface area contributed by atoms with Gasteiger partial charge in [-0.1, -0.05) is 30.3 Å². The van der Waals surface area contributed by atoms with E-state index in [2.05, 4.69) is 17.4 Å². The van der Waals surface area contributed by atoms with Crippen LogP contribution in [0.25, 0.3) is 0 Å². The first kappa shape index (κ1) is 14.7. The fourth-order valence-electron chi connectivity index (χ4n) is 3.74. The number of ether oxygens (including phenoxy) is 1. The summed E-state index contributed by atoms with van der Waals surface area (Å²) >= 11 is 0. The van der Waals surface area contributed by atoms with E-state index in [9.17, 15) is 4.79 Å². The Morgan fingerprint density at radius 2 is 2.00 bits per heavy atom. The van der Waals surface area contributed by atoms with E-state index in [1.165, 1.54) is 5.56 Å². The number of ketones is 1. The van der Waals surface area contributed by atoms with Gasteiger partial charge in [0.25, 0.3) is 0 Å². The average Bonchev–Trinajstić information content (AvgIpc) is 3.07. The SMILES string of the molecule is O=C(CCC1CCCO1)C1(c2ccccc2)CCNCC1. The van der Waals surface area contributed by atoms with Crippen molar-refractivity contribution in [3.63, 3.8) is 0 Å². The van der Waals surface area contributed by atoms with E-state index >= 15 is 0 Å². The van der Waals surface area contributed by atoms with Crippen molar-refractivity contribution in [2.75, 3.05) is 19.7 Å². The van der Waals surface area contributed by atoms with E-state index in [0.29, 0.717) is 18.3 Å². The summed E-state index contributed by atoms with van der Waals surface area (Å²) in [5.74, 6) is 0.408. The van der Waals surface area contributed by atoms with E-state index in [0.717, 1.165) is 51.8 Å². The number of hydrogen-bond acceptors (Lipinski definition) is 3. The molecule has 3 rings (SSSR count). The Morgan fingerprint density at radius 1 is 1.24 bits per heavy atom. The van der Waals surface area contributed by atoms with Crippen molar-refractivity contribution >= 4 is 5.78 Å². The Hall–Kier alpha value is -1.19. The van der Waals surface area contributed by atoms with Crippen LogP contribution < -0.4 is 5.32 Å². The molecule has 0 radical (unpaired) electrons. The molecule has 2 fully saturated rings. The summed E-state index contributed by atoms with van der Waals surface area (Å²) in [4.78, 5) is 13.0. The van der Waals surface area contributed by atoms with Crippen LogP contribution >= 0.6 is 0 Å². The molecule has 1 N–H and O–H groups in total. The maximum absolute atomic E-state index is 13.0. The maximum atomic E-state index is 13.0. The van der Waals surface area contributed by atoms with Crippen LogP contribution in [0.1, 0.15) is 44.1 Å². The first-order chi connectivity index (χ1) is 10.3. The molecule has 1 aromatic carbocycles. The van der Waals surface area contributed by atoms with Crippen LogP contribution in [0.4, 0.5) is 0 Å². The summed E-state index contributed by atoms with van der Waals surface area (Å²) in [6, 6.07) is 10.4. The van der Waals surface area contributed by atoms with Crippen LogP contribution in [0.15, 0.2) is 30.3 Å². The molecule has 0 saturated carbocycles. The number of nitrogens with one attached hydrogen (secondary N) is 1. The van der Waals surface area contributed by atoms with Gasteiger partial charge in [-0.15, -0.1) is 0 Å². The van der Waals surface area contributed by atoms with Gasteiger partial charge in [-0.25, -0.2) is 0 Å². The molecule has 2 saturated heterocycles. The fourth-order valence-corrected chi connectivity index (χ4v) is 3.74. The largest absolute Gasteiger partial charge is 0.378 e. The van der Waals surface area contributed by atoms with Crippen molar-refractivity contribution in [3.05, 3.63) is 35.9 Å². The molecule has 0 spiro atoms. The summed E-state index contributed by atoms with van der Waals surface area (Å²) in [5.41, 5.74) is 0.925. The number of Topliss-reactive ketones (excluding diaryl/α,β-unsaturated/α-hetero) is 1. The first-order valence-electron chi connectivity index (χ1n) is 8.22. The molecule has 0 bridgehead atoms. The number of piperidine rings is 1. The average molecular weight is 287 g/mol. The van der Waals surface area contributed by atoms with Crippen LogP contribution in [-0.2, 0) is 14.9 Å². The number of hydrogen-bond donors (Lipinski definition) is 1. The van der Waals surface area contributed by atoms with E-state index in [-0.39, 0.29) is 5.41 Å². The first-order valence-corrected chi connectivity index (χ1v) is 8.22. The Kier molecular flexibility index (Phi) is 4.71. The van der Waals surface area contributed by atoms with Crippen molar-refractivity contribution in [1.29, 1.82) is 0 Å². The minimum atomic E-state index is -0.273. The second-order valence-corrected chi connectivity index (χ2v) is 6.30. The topological polar surface area (TPSA) is 38.3 Å². The smallest absolute Gasteiger partial charge is 0.143 e. The van der Waals surface area contributed by atoms with Gasteiger partial charge >= 0.3 is 0 Å². The number of carbonyl (C=O) groups excluding carboxylic acids is 1. The molecule has 3 heteroatoms. The zero-order valence-corrected chi connectivity index (χ0v) is 12.6. The summed E-state index contributed by atoms with van der Waals surface area (Å²) < 4.78 is 5.66. The highest BCUT2D eigenvalue weighted by Crippen LogP contribution is 2.36. The zero-order chi connectivity index (χ0) is 14.5. The van der Waals surface area contributed by atoms with Crippen LogP contribution in [-0.4, -0.2) is 31.6 Å². The summed E-state index contributed by atoms with van der Waals surface area (Å²) in [6.45, 7) is 2.73. The Bertz CT molecular complexity index is 459. The summed E-state index contributed by atoms with van der Waals surface area (Å²) in [6.07, 6.45) is 5.95. The molecular formula is C18H25NO2. The monoisotopic (exact) mass is 287 g/mol. The van der Waals surface area contributed by atoms with Gasteiger partial charge in [0.1, 0.15) is 5.78 Å². The number of rotatable bonds is 5. The normalized spacial score (nSPS) is 24.9. The van der Waals surface area contributed by atoms with Crippen molar-refractivity contribution in [3.8, 4) is 0 Å². The second kappa shape index (κ2) is 6.71. The molecule has 1 unspecified atom stereocenters. The van der Waals surface area contributed by atoms with Gasteiger partial charge in [0.05, 0.1) is 11.5 Å². The van der Waals surface area contributed by atoms with Gasteiger partial charge in [-0.05, 0) is 50.8 Å². The van der Waals surface area contributed by atoms with Gasteiger partial charge < -0.3 is 10.1 Å². The molecule has 2 heterocycles. The Balaban J connectivity index is 1.73. The minimum Gasteiger partial charge on any atom is -0.378 e. The molecular weight excluding hydrogens is 262 g/mol. The molecule has 1 aromatic rings. The van der Waals surface area contributed by atoms with E-state index in [1.54, 1.807) is 0 Å². The van der Waals surface area contributed by atoms with Gasteiger partial charge in [-0.2, -0.15) is 0 Å². The van der Waals surface area contributed by atoms with Crippen molar-refractivity contribution in [1.82, 2.24) is 5.32 Å². The lowest BCUT2D eigenvalue weighted by Gasteiger charge is -2.37. The number of benzene rings is 1. The highest BCUT2D eigenvalue weighted by atomic mass is 16.5. The lowest BCUT2D eigenvalue weighted by molar-refractivity contribution is -0.126. The molecule has 21 heavy (non-hydrogen) atoms. The maximum Gasteiger partial charge on any atom is 0.143 e. The molecule has 114 valence electrons. The standard InChI is InChI=1S/C18H25NO2/c20-17(9-8-16-7-4-14-21-16)18(10-12-19-13-11-18)15-5-2-1-3-6-15/h1-3,5-6,16,19H,4,7-14H2. The van der Waals surface area contributed by atoms with Gasteiger partial charge in [0, 0.05) is 13.0 Å². The minimum absolute atomic E-state index is 0.273. The third-order valence-corrected chi connectivity index (χ3v) is 5.03. The lowest BCUT2D eigenvalue weighted by atomic mass is 9.69. The fraction of sp³-hybridized carbons (Fsp3) is 0.611. The van der Waals surface area contributed by atoms with Crippen molar-refractivity contribution in [2.24, 2.45) is 0 Å². The van der Waals surface area contributed by atoms with Crippen LogP contribution in [0.3, 0.4) is 0 Å². The predicted molar refractivity (Wildman–Crippen MR) is 83.4 cm³/mol. The highest BCUT2D eigenvalue weighted by Gasteiger charge is 2.40. The highest BCUT2D eigenvalue weighted by molar-refractivity contribution is 5.90. The van der Waals surface area contributed by atoms with Crippen molar-refractivity contribution < 1.29 is 9.53 Å². The number of carbonyl (C=O) groups is 1. The van der Waals surface area contributed by atoms with Gasteiger partial charge in [0.15, 0.2) is 0 Å². The van der Waals surface area contributed by atoms with Gasteiger partial charge in [0.2, 0.25) is 0 Å². The molecule has 0 amide bonds.